The number of nitriles is 1. The Balaban J connectivity index is 3.87. The maximum atomic E-state index is 8.42. The Bertz CT molecular complexity index is 103. The molecule has 0 aliphatic carbocycles. The van der Waals surface area contributed by atoms with Gasteiger partial charge in [-0.1, -0.05) is 20.8 Å². The summed E-state index contributed by atoms with van der Waals surface area (Å²) in [5, 5.41) is 8.42. The van der Waals surface area contributed by atoms with Crippen molar-refractivity contribution >= 4 is 0 Å². The van der Waals surface area contributed by atoms with Crippen LogP contribution in [0, 0.1) is 22.7 Å². The first-order chi connectivity index (χ1) is 3.48. The summed E-state index contributed by atoms with van der Waals surface area (Å²) in [7, 11) is 0. The molecule has 0 rings (SSSR count). The average molecular weight is 111 g/mol. The van der Waals surface area contributed by atoms with Crippen LogP contribution in [0.4, 0.5) is 0 Å². The normalized spacial score (nSPS) is 14.9. The minimum Gasteiger partial charge on any atom is -0.198 e. The molecule has 1 nitrogen and oxygen atoms in total. The first kappa shape index (κ1) is 7.49. The van der Waals surface area contributed by atoms with Crippen LogP contribution in [0.3, 0.4) is 0 Å². The molecule has 0 bridgehead atoms. The van der Waals surface area contributed by atoms with Crippen molar-refractivity contribution in [1.29, 1.82) is 5.26 Å². The Hall–Kier alpha value is -0.510. The number of hydrogen-bond acceptors (Lipinski definition) is 1. The van der Waals surface area contributed by atoms with E-state index < -0.39 is 0 Å². The summed E-state index contributed by atoms with van der Waals surface area (Å²) < 4.78 is 0. The summed E-state index contributed by atoms with van der Waals surface area (Å²) in [5.74, 6) is 0.155. The molecule has 0 radical (unpaired) electrons. The summed E-state index contributed by atoms with van der Waals surface area (Å²) in [5.41, 5.74) is 0.148. The first-order valence-corrected chi connectivity index (χ1v) is 2.88. The number of nitrogens with zero attached hydrogens (tertiary/aromatic N) is 1. The molecule has 46 valence electrons. The zero-order valence-electron chi connectivity index (χ0n) is 6.02. The Morgan fingerprint density at radius 2 is 1.75 bits per heavy atom. The largest absolute Gasteiger partial charge is 0.198 e. The van der Waals surface area contributed by atoms with Gasteiger partial charge in [-0.25, -0.2) is 0 Å². The van der Waals surface area contributed by atoms with Crippen LogP contribution in [0.15, 0.2) is 0 Å². The lowest BCUT2D eigenvalue weighted by Crippen LogP contribution is -2.14. The molecule has 0 spiro atoms. The lowest BCUT2D eigenvalue weighted by molar-refractivity contribution is 0.322. The SMILES string of the molecule is C[C@@H](C#N)C(C)(C)C. The molecule has 8 heavy (non-hydrogen) atoms. The molecule has 0 aromatic carbocycles. The van der Waals surface area contributed by atoms with Crippen molar-refractivity contribution in [2.24, 2.45) is 11.3 Å². The second-order valence-corrected chi connectivity index (χ2v) is 3.22. The predicted octanol–water partition coefficient (Wildman–Crippen LogP) is 2.19. The quantitative estimate of drug-likeness (QED) is 0.470. The molecule has 0 aliphatic rings. The van der Waals surface area contributed by atoms with E-state index >= 15 is 0 Å². The molecule has 0 amide bonds. The zero-order valence-corrected chi connectivity index (χ0v) is 6.02. The monoisotopic (exact) mass is 111 g/mol. The molecule has 1 atom stereocenters. The summed E-state index contributed by atoms with van der Waals surface area (Å²) in [6.45, 7) is 8.16. The van der Waals surface area contributed by atoms with Gasteiger partial charge in [-0.2, -0.15) is 5.26 Å². The van der Waals surface area contributed by atoms with E-state index in [1.54, 1.807) is 0 Å². The highest BCUT2D eigenvalue weighted by molar-refractivity contribution is 4.87. The van der Waals surface area contributed by atoms with Crippen LogP contribution >= 0.6 is 0 Å². The van der Waals surface area contributed by atoms with Gasteiger partial charge in [0.1, 0.15) is 0 Å². The topological polar surface area (TPSA) is 23.8 Å². The third kappa shape index (κ3) is 1.97. The molecule has 0 saturated carbocycles. The predicted molar refractivity (Wildman–Crippen MR) is 34.2 cm³/mol. The molecule has 0 aromatic heterocycles. The van der Waals surface area contributed by atoms with Crippen molar-refractivity contribution in [3.8, 4) is 6.07 Å². The third-order valence-electron chi connectivity index (χ3n) is 1.49. The van der Waals surface area contributed by atoms with Gasteiger partial charge in [0.25, 0.3) is 0 Å². The van der Waals surface area contributed by atoms with Crippen LogP contribution < -0.4 is 0 Å². The van der Waals surface area contributed by atoms with E-state index in [1.807, 2.05) is 6.92 Å². The Labute approximate surface area is 51.3 Å². The molecule has 0 unspecified atom stereocenters. The van der Waals surface area contributed by atoms with E-state index in [1.165, 1.54) is 0 Å². The molecular weight excluding hydrogens is 98.1 g/mol. The first-order valence-electron chi connectivity index (χ1n) is 2.88. The van der Waals surface area contributed by atoms with Gasteiger partial charge in [0, 0.05) is 5.92 Å². The second-order valence-electron chi connectivity index (χ2n) is 3.22. The van der Waals surface area contributed by atoms with Gasteiger partial charge in [0.15, 0.2) is 0 Å². The fraction of sp³-hybridized carbons (Fsp3) is 0.857. The van der Waals surface area contributed by atoms with E-state index in [4.69, 9.17) is 5.26 Å². The Morgan fingerprint density at radius 3 is 1.75 bits per heavy atom. The van der Waals surface area contributed by atoms with Crippen LogP contribution in [-0.2, 0) is 0 Å². The fourth-order valence-corrected chi connectivity index (χ4v) is 0.194. The van der Waals surface area contributed by atoms with Crippen molar-refractivity contribution in [1.82, 2.24) is 0 Å². The molecule has 0 aliphatic heterocycles. The van der Waals surface area contributed by atoms with E-state index in [0.29, 0.717) is 0 Å². The van der Waals surface area contributed by atoms with E-state index in [2.05, 4.69) is 26.8 Å². The molecule has 0 aromatic rings. The fourth-order valence-electron chi connectivity index (χ4n) is 0.194. The minimum atomic E-state index is 0.148. The molecule has 0 heterocycles. The molecular formula is C7H13N. The highest BCUT2D eigenvalue weighted by Crippen LogP contribution is 2.23. The minimum absolute atomic E-state index is 0.148. The number of rotatable bonds is 0. The highest BCUT2D eigenvalue weighted by atomic mass is 14.3. The van der Waals surface area contributed by atoms with E-state index in [9.17, 15) is 0 Å². The maximum absolute atomic E-state index is 8.42. The summed E-state index contributed by atoms with van der Waals surface area (Å²) in [6, 6.07) is 2.20. The van der Waals surface area contributed by atoms with E-state index in [0.717, 1.165) is 0 Å². The van der Waals surface area contributed by atoms with Crippen molar-refractivity contribution in [2.45, 2.75) is 27.7 Å². The lowest BCUT2D eigenvalue weighted by Gasteiger charge is -2.19. The Kier molecular flexibility index (Phi) is 2.03. The van der Waals surface area contributed by atoms with Gasteiger partial charge in [-0.3, -0.25) is 0 Å². The van der Waals surface area contributed by atoms with Crippen LogP contribution in [0.1, 0.15) is 27.7 Å². The van der Waals surface area contributed by atoms with Crippen molar-refractivity contribution in [3.63, 3.8) is 0 Å². The molecule has 0 fully saturated rings. The highest BCUT2D eigenvalue weighted by Gasteiger charge is 2.18. The van der Waals surface area contributed by atoms with Gasteiger partial charge in [-0.15, -0.1) is 0 Å². The van der Waals surface area contributed by atoms with Crippen molar-refractivity contribution in [2.75, 3.05) is 0 Å². The van der Waals surface area contributed by atoms with Gasteiger partial charge >= 0.3 is 0 Å². The van der Waals surface area contributed by atoms with E-state index in [-0.39, 0.29) is 11.3 Å². The van der Waals surface area contributed by atoms with Crippen LogP contribution in [0.25, 0.3) is 0 Å². The number of hydrogen-bond donors (Lipinski definition) is 0. The third-order valence-corrected chi connectivity index (χ3v) is 1.49. The average Bonchev–Trinajstić information content (AvgIpc) is 1.62. The van der Waals surface area contributed by atoms with Crippen molar-refractivity contribution < 1.29 is 0 Å². The molecule has 1 heteroatoms. The Morgan fingerprint density at radius 1 is 1.38 bits per heavy atom. The van der Waals surface area contributed by atoms with Gasteiger partial charge in [-0.05, 0) is 12.3 Å². The second kappa shape index (κ2) is 2.17. The van der Waals surface area contributed by atoms with Crippen molar-refractivity contribution in [3.05, 3.63) is 0 Å². The maximum Gasteiger partial charge on any atom is 0.0658 e. The lowest BCUT2D eigenvalue weighted by atomic mass is 9.83. The van der Waals surface area contributed by atoms with Crippen LogP contribution in [-0.4, -0.2) is 0 Å². The van der Waals surface area contributed by atoms with Gasteiger partial charge < -0.3 is 0 Å². The summed E-state index contributed by atoms with van der Waals surface area (Å²) in [4.78, 5) is 0. The van der Waals surface area contributed by atoms with Gasteiger partial charge in [0.05, 0.1) is 6.07 Å². The van der Waals surface area contributed by atoms with Gasteiger partial charge in [0.2, 0.25) is 0 Å². The smallest absolute Gasteiger partial charge is 0.0658 e. The van der Waals surface area contributed by atoms with Crippen LogP contribution in [0.2, 0.25) is 0 Å². The van der Waals surface area contributed by atoms with Crippen LogP contribution in [0.5, 0.6) is 0 Å². The zero-order chi connectivity index (χ0) is 6.78. The molecule has 0 N–H and O–H groups in total. The molecule has 0 saturated heterocycles. The summed E-state index contributed by atoms with van der Waals surface area (Å²) in [6.07, 6.45) is 0. The summed E-state index contributed by atoms with van der Waals surface area (Å²) >= 11 is 0. The standard InChI is InChI=1S/C7H13N/c1-6(5-8)7(2,3)4/h6H,1-4H3/t6-/m0/s1.